The Balaban J connectivity index is 1.03. The van der Waals surface area contributed by atoms with Crippen molar-refractivity contribution in [1.82, 2.24) is 14.6 Å². The second-order valence-corrected chi connectivity index (χ2v) is 16.8. The molecule has 0 bridgehead atoms. The normalized spacial score (nSPS) is 15.2. The molecule has 0 aliphatic carbocycles. The summed E-state index contributed by atoms with van der Waals surface area (Å²) < 4.78 is 41.6. The Hall–Kier alpha value is -5.93. The number of H-pyrrole nitrogens is 1. The third-order valence-electron chi connectivity index (χ3n) is 10.9. The standard InChI is InChI=1S/C44H43ClN6O7S/c45-34-10-8-31(9-11-34)37-5-2-1-4-33(37)29-49-20-22-50(23-21-49)41-7-3-6-38(43(41)58-35-12-14-39-32(26-35)16-19-46-39)44(52)48-59(55,56)36-13-15-40(42(27-36)51(53)54)47-28-30-17-24-57-25-18-30/h1-16,19,26-27,30,46-47H,17-18,20-25,28-29H2,(H,48,52). The molecule has 2 aliphatic rings. The highest BCUT2D eigenvalue weighted by atomic mass is 35.5. The van der Waals surface area contributed by atoms with Gasteiger partial charge in [0.05, 0.1) is 21.1 Å². The summed E-state index contributed by atoms with van der Waals surface area (Å²) in [5.41, 5.74) is 4.73. The summed E-state index contributed by atoms with van der Waals surface area (Å²) in [5, 5.41) is 16.8. The first kappa shape index (κ1) is 39.9. The zero-order valence-electron chi connectivity index (χ0n) is 32.1. The molecule has 3 heterocycles. The van der Waals surface area contributed by atoms with Crippen LogP contribution < -0.4 is 19.7 Å². The van der Waals surface area contributed by atoms with Gasteiger partial charge in [0.25, 0.3) is 21.6 Å². The maximum atomic E-state index is 14.1. The Morgan fingerprint density at radius 1 is 0.915 bits per heavy atom. The molecule has 1 amide bonds. The van der Waals surface area contributed by atoms with Gasteiger partial charge >= 0.3 is 0 Å². The van der Waals surface area contributed by atoms with Crippen LogP contribution in [0.3, 0.4) is 0 Å². The maximum absolute atomic E-state index is 14.1. The van der Waals surface area contributed by atoms with E-state index < -0.39 is 31.4 Å². The number of nitro groups is 1. The number of nitro benzene ring substituents is 1. The topological polar surface area (TPSA) is 159 Å². The Morgan fingerprint density at radius 2 is 1.69 bits per heavy atom. The molecule has 3 N–H and O–H groups in total. The van der Waals surface area contributed by atoms with E-state index in [0.717, 1.165) is 47.5 Å². The number of hydrogen-bond acceptors (Lipinski definition) is 10. The van der Waals surface area contributed by atoms with Crippen molar-refractivity contribution >= 4 is 55.5 Å². The minimum Gasteiger partial charge on any atom is -0.454 e. The van der Waals surface area contributed by atoms with Gasteiger partial charge in [-0.2, -0.15) is 0 Å². The van der Waals surface area contributed by atoms with Crippen LogP contribution in [0.5, 0.6) is 11.5 Å². The molecule has 59 heavy (non-hydrogen) atoms. The van der Waals surface area contributed by atoms with Gasteiger partial charge in [-0.25, -0.2) is 13.1 Å². The molecule has 0 atom stereocenters. The van der Waals surface area contributed by atoms with E-state index in [4.69, 9.17) is 21.1 Å². The number of ether oxygens (including phenoxy) is 2. The number of piperazine rings is 1. The number of rotatable bonds is 13. The molecule has 2 aliphatic heterocycles. The van der Waals surface area contributed by atoms with Crippen LogP contribution >= 0.6 is 11.6 Å². The Kier molecular flexibility index (Phi) is 11.8. The highest BCUT2D eigenvalue weighted by molar-refractivity contribution is 7.90. The molecule has 5 aromatic carbocycles. The summed E-state index contributed by atoms with van der Waals surface area (Å²) in [5.74, 6) is -0.0182. The molecule has 1 aromatic heterocycles. The van der Waals surface area contributed by atoms with Crippen LogP contribution in [0.15, 0.2) is 120 Å². The molecule has 0 radical (unpaired) electrons. The van der Waals surface area contributed by atoms with Crippen molar-refractivity contribution in [2.75, 3.05) is 56.2 Å². The van der Waals surface area contributed by atoms with Crippen LogP contribution in [0.25, 0.3) is 22.0 Å². The lowest BCUT2D eigenvalue weighted by molar-refractivity contribution is -0.384. The number of benzene rings is 5. The Labute approximate surface area is 347 Å². The number of nitrogens with one attached hydrogen (secondary N) is 3. The van der Waals surface area contributed by atoms with Crippen molar-refractivity contribution in [3.8, 4) is 22.6 Å². The van der Waals surface area contributed by atoms with Gasteiger partial charge in [-0.3, -0.25) is 19.8 Å². The fourth-order valence-electron chi connectivity index (χ4n) is 7.65. The maximum Gasteiger partial charge on any atom is 0.293 e. The SMILES string of the molecule is O=C(NS(=O)(=O)c1ccc(NCC2CCOCC2)c([N+](=O)[O-])c1)c1cccc(N2CCN(Cc3ccccc3-c3ccc(Cl)cc3)CC2)c1Oc1ccc2[nH]ccc2c1. The summed E-state index contributed by atoms with van der Waals surface area (Å²) >= 11 is 6.16. The molecular weight excluding hydrogens is 792 g/mol. The number of anilines is 2. The number of fused-ring (bicyclic) bond motifs is 1. The van der Waals surface area contributed by atoms with Gasteiger partial charge in [0.1, 0.15) is 11.4 Å². The fraction of sp³-hybridized carbons (Fsp3) is 0.250. The van der Waals surface area contributed by atoms with E-state index in [0.29, 0.717) is 62.4 Å². The number of amides is 1. The number of aromatic nitrogens is 1. The molecule has 0 spiro atoms. The molecule has 13 nitrogen and oxygen atoms in total. The molecule has 2 fully saturated rings. The number of halogens is 1. The number of nitrogens with zero attached hydrogens (tertiary/aromatic N) is 3. The van der Waals surface area contributed by atoms with E-state index in [9.17, 15) is 23.3 Å². The van der Waals surface area contributed by atoms with Crippen LogP contribution in [0.1, 0.15) is 28.8 Å². The number of carbonyl (C=O) groups excluding carboxylic acids is 1. The van der Waals surface area contributed by atoms with Gasteiger partial charge in [-0.15, -0.1) is 0 Å². The third-order valence-corrected chi connectivity index (χ3v) is 12.5. The molecule has 0 saturated carbocycles. The molecule has 8 rings (SSSR count). The lowest BCUT2D eigenvalue weighted by Crippen LogP contribution is -2.46. The summed E-state index contributed by atoms with van der Waals surface area (Å²) in [6.07, 6.45) is 3.46. The molecule has 6 aromatic rings. The summed E-state index contributed by atoms with van der Waals surface area (Å²) in [6.45, 7) is 5.12. The highest BCUT2D eigenvalue weighted by Crippen LogP contribution is 2.38. The molecule has 304 valence electrons. The van der Waals surface area contributed by atoms with Gasteiger partial charge < -0.3 is 24.7 Å². The van der Waals surface area contributed by atoms with Crippen molar-refractivity contribution in [3.05, 3.63) is 142 Å². The van der Waals surface area contributed by atoms with Crippen molar-refractivity contribution in [2.24, 2.45) is 5.92 Å². The van der Waals surface area contributed by atoms with Crippen LogP contribution in [0.4, 0.5) is 17.1 Å². The number of hydrogen-bond donors (Lipinski definition) is 3. The Bertz CT molecular complexity index is 2590. The van der Waals surface area contributed by atoms with Gasteiger partial charge in [0, 0.05) is 80.7 Å². The Morgan fingerprint density at radius 3 is 2.47 bits per heavy atom. The quantitative estimate of drug-likeness (QED) is 0.0761. The molecular formula is C44H43ClN6O7S. The molecule has 15 heteroatoms. The zero-order chi connectivity index (χ0) is 40.9. The van der Waals surface area contributed by atoms with Crippen molar-refractivity contribution in [3.63, 3.8) is 0 Å². The van der Waals surface area contributed by atoms with Crippen LogP contribution in [0.2, 0.25) is 5.02 Å². The van der Waals surface area contributed by atoms with Crippen LogP contribution in [0, 0.1) is 16.0 Å². The van der Waals surface area contributed by atoms with E-state index in [1.807, 2.05) is 66.9 Å². The van der Waals surface area contributed by atoms with Crippen molar-refractivity contribution in [2.45, 2.75) is 24.3 Å². The van der Waals surface area contributed by atoms with E-state index >= 15 is 0 Å². The van der Waals surface area contributed by atoms with Crippen LogP contribution in [-0.2, 0) is 21.3 Å². The second kappa shape index (κ2) is 17.5. The first-order chi connectivity index (χ1) is 28.6. The number of carbonyl (C=O) groups is 1. The van der Waals surface area contributed by atoms with E-state index in [2.05, 4.69) is 37.0 Å². The van der Waals surface area contributed by atoms with E-state index in [1.54, 1.807) is 12.1 Å². The summed E-state index contributed by atoms with van der Waals surface area (Å²) in [7, 11) is -4.56. The number of sulfonamides is 1. The monoisotopic (exact) mass is 834 g/mol. The first-order valence-corrected chi connectivity index (χ1v) is 21.3. The van der Waals surface area contributed by atoms with Gasteiger partial charge in [0.2, 0.25) is 0 Å². The van der Waals surface area contributed by atoms with Gasteiger partial charge in [-0.05, 0) is 96.1 Å². The smallest absolute Gasteiger partial charge is 0.293 e. The lowest BCUT2D eigenvalue weighted by atomic mass is 9.99. The lowest BCUT2D eigenvalue weighted by Gasteiger charge is -2.37. The fourth-order valence-corrected chi connectivity index (χ4v) is 8.76. The predicted octanol–water partition coefficient (Wildman–Crippen LogP) is 8.47. The van der Waals surface area contributed by atoms with Crippen LogP contribution in [-0.4, -0.2) is 75.1 Å². The number of para-hydroxylation sites is 1. The first-order valence-electron chi connectivity index (χ1n) is 19.5. The average Bonchev–Trinajstić information content (AvgIpc) is 3.72. The third kappa shape index (κ3) is 9.21. The summed E-state index contributed by atoms with van der Waals surface area (Å²) in [6, 6.07) is 32.2. The minimum atomic E-state index is -4.56. The van der Waals surface area contributed by atoms with Crippen molar-refractivity contribution in [1.29, 1.82) is 0 Å². The average molecular weight is 835 g/mol. The second-order valence-electron chi connectivity index (χ2n) is 14.7. The minimum absolute atomic E-state index is 0.0104. The van der Waals surface area contributed by atoms with Gasteiger partial charge in [0.15, 0.2) is 5.75 Å². The van der Waals surface area contributed by atoms with E-state index in [1.165, 1.54) is 23.8 Å². The number of aromatic amines is 1. The largest absolute Gasteiger partial charge is 0.454 e. The zero-order valence-corrected chi connectivity index (χ0v) is 33.7. The van der Waals surface area contributed by atoms with E-state index in [-0.39, 0.29) is 22.9 Å². The molecule has 2 saturated heterocycles. The summed E-state index contributed by atoms with van der Waals surface area (Å²) in [4.78, 5) is 32.8. The highest BCUT2D eigenvalue weighted by Gasteiger charge is 2.29. The predicted molar refractivity (Wildman–Crippen MR) is 229 cm³/mol. The van der Waals surface area contributed by atoms with Gasteiger partial charge in [-0.1, -0.05) is 54.1 Å². The molecule has 0 unspecified atom stereocenters. The van der Waals surface area contributed by atoms with Crippen molar-refractivity contribution < 1.29 is 27.6 Å².